The van der Waals surface area contributed by atoms with E-state index in [9.17, 15) is 4.39 Å². The van der Waals surface area contributed by atoms with Gasteiger partial charge >= 0.3 is 0 Å². The molecule has 23 heavy (non-hydrogen) atoms. The molecule has 2 aromatic heterocycles. The van der Waals surface area contributed by atoms with Crippen molar-refractivity contribution in [1.82, 2.24) is 15.0 Å². The first-order valence-corrected chi connectivity index (χ1v) is 7.42. The lowest BCUT2D eigenvalue weighted by Crippen LogP contribution is -2.06. The average molecular weight is 375 g/mol. The van der Waals surface area contributed by atoms with Gasteiger partial charge in [0.25, 0.3) is 0 Å². The van der Waals surface area contributed by atoms with Gasteiger partial charge in [-0.05, 0) is 30.3 Å². The Bertz CT molecular complexity index is 827. The minimum Gasteiger partial charge on any atom is -0.393 e. The summed E-state index contributed by atoms with van der Waals surface area (Å²) in [6.45, 7) is 0. The van der Waals surface area contributed by atoms with Crippen molar-refractivity contribution < 1.29 is 4.39 Å². The van der Waals surface area contributed by atoms with Gasteiger partial charge in [0.05, 0.1) is 5.69 Å². The van der Waals surface area contributed by atoms with E-state index in [1.165, 1.54) is 12.4 Å². The second-order valence-corrected chi connectivity index (χ2v) is 5.51. The third kappa shape index (κ3) is 3.54. The van der Waals surface area contributed by atoms with Crippen LogP contribution >= 0.6 is 15.9 Å². The highest BCUT2D eigenvalue weighted by molar-refractivity contribution is 9.10. The van der Waals surface area contributed by atoms with Crippen LogP contribution < -0.4 is 16.4 Å². The van der Waals surface area contributed by atoms with E-state index >= 15 is 0 Å². The van der Waals surface area contributed by atoms with Crippen LogP contribution in [0.5, 0.6) is 0 Å². The summed E-state index contributed by atoms with van der Waals surface area (Å²) >= 11 is 3.21. The summed E-state index contributed by atoms with van der Waals surface area (Å²) in [5.74, 6) is 0.324. The molecule has 0 aliphatic carbocycles. The molecule has 0 bridgehead atoms. The van der Waals surface area contributed by atoms with E-state index in [1.807, 2.05) is 0 Å². The van der Waals surface area contributed by atoms with Crippen molar-refractivity contribution in [2.75, 3.05) is 16.4 Å². The quantitative estimate of drug-likeness (QED) is 0.642. The minimum atomic E-state index is -0.416. The zero-order valence-electron chi connectivity index (χ0n) is 11.8. The van der Waals surface area contributed by atoms with Gasteiger partial charge in [0, 0.05) is 22.6 Å². The topological polar surface area (TPSA) is 88.8 Å². The van der Waals surface area contributed by atoms with Gasteiger partial charge in [0.2, 0.25) is 0 Å². The minimum absolute atomic E-state index is 0.272. The molecule has 0 unspecified atom stereocenters. The summed E-state index contributed by atoms with van der Waals surface area (Å²) in [6, 6.07) is 8.23. The summed E-state index contributed by atoms with van der Waals surface area (Å²) in [7, 11) is 0. The van der Waals surface area contributed by atoms with Gasteiger partial charge in [0.1, 0.15) is 17.8 Å². The van der Waals surface area contributed by atoms with Gasteiger partial charge < -0.3 is 16.4 Å². The van der Waals surface area contributed by atoms with Crippen molar-refractivity contribution in [1.29, 1.82) is 0 Å². The zero-order valence-corrected chi connectivity index (χ0v) is 13.4. The van der Waals surface area contributed by atoms with Gasteiger partial charge in [-0.1, -0.05) is 15.9 Å². The molecule has 2 heterocycles. The summed E-state index contributed by atoms with van der Waals surface area (Å²) in [5, 5.41) is 5.93. The molecule has 0 atom stereocenters. The first-order valence-electron chi connectivity index (χ1n) is 6.63. The van der Waals surface area contributed by atoms with E-state index < -0.39 is 5.82 Å². The van der Waals surface area contributed by atoms with Crippen LogP contribution in [0.4, 0.5) is 33.1 Å². The van der Waals surface area contributed by atoms with E-state index in [0.717, 1.165) is 5.69 Å². The van der Waals surface area contributed by atoms with Crippen molar-refractivity contribution in [2.24, 2.45) is 0 Å². The fraction of sp³-hybridized carbons (Fsp3) is 0. The first-order chi connectivity index (χ1) is 11.1. The molecule has 0 saturated heterocycles. The molecule has 0 spiro atoms. The number of rotatable bonds is 4. The number of benzene rings is 1. The van der Waals surface area contributed by atoms with E-state index in [1.54, 1.807) is 36.7 Å². The molecule has 0 fully saturated rings. The number of halogens is 2. The van der Waals surface area contributed by atoms with Crippen LogP contribution in [0.3, 0.4) is 0 Å². The fourth-order valence-corrected chi connectivity index (χ4v) is 2.22. The predicted octanol–water partition coefficient (Wildman–Crippen LogP) is 3.84. The molecular weight excluding hydrogens is 363 g/mol. The van der Waals surface area contributed by atoms with Crippen LogP contribution in [-0.4, -0.2) is 15.0 Å². The van der Waals surface area contributed by atoms with Crippen LogP contribution in [0, 0.1) is 5.82 Å². The monoisotopic (exact) mass is 374 g/mol. The van der Waals surface area contributed by atoms with Crippen LogP contribution in [0.15, 0.2) is 53.5 Å². The highest BCUT2D eigenvalue weighted by Gasteiger charge is 2.11. The van der Waals surface area contributed by atoms with E-state index in [-0.39, 0.29) is 11.4 Å². The van der Waals surface area contributed by atoms with Crippen LogP contribution in [0.1, 0.15) is 0 Å². The molecule has 6 nitrogen and oxygen atoms in total. The van der Waals surface area contributed by atoms with Crippen LogP contribution in [-0.2, 0) is 0 Å². The van der Waals surface area contributed by atoms with Crippen molar-refractivity contribution in [3.05, 3.63) is 59.3 Å². The van der Waals surface area contributed by atoms with Gasteiger partial charge in [0.15, 0.2) is 11.6 Å². The number of aromatic nitrogens is 3. The third-order valence-corrected chi connectivity index (χ3v) is 3.50. The van der Waals surface area contributed by atoms with E-state index in [2.05, 4.69) is 41.5 Å². The molecular formula is C15H12BrFN6. The number of nitrogen functional groups attached to an aromatic ring is 1. The summed E-state index contributed by atoms with van der Waals surface area (Å²) < 4.78 is 14.6. The van der Waals surface area contributed by atoms with Crippen LogP contribution in [0.2, 0.25) is 0 Å². The summed E-state index contributed by atoms with van der Waals surface area (Å²) in [6.07, 6.45) is 4.64. The maximum absolute atomic E-state index is 13.9. The Morgan fingerprint density at radius 3 is 2.39 bits per heavy atom. The maximum Gasteiger partial charge on any atom is 0.159 e. The molecule has 0 radical (unpaired) electrons. The van der Waals surface area contributed by atoms with Gasteiger partial charge in [-0.2, -0.15) is 0 Å². The van der Waals surface area contributed by atoms with E-state index in [4.69, 9.17) is 5.73 Å². The Labute approximate surface area is 140 Å². The highest BCUT2D eigenvalue weighted by Crippen LogP contribution is 2.29. The average Bonchev–Trinajstić information content (AvgIpc) is 2.54. The molecule has 3 rings (SSSR count). The Kier molecular flexibility index (Phi) is 4.33. The molecule has 4 N–H and O–H groups in total. The second-order valence-electron chi connectivity index (χ2n) is 4.59. The molecule has 1 aromatic carbocycles. The van der Waals surface area contributed by atoms with Gasteiger partial charge in [-0.15, -0.1) is 0 Å². The Morgan fingerprint density at radius 2 is 1.70 bits per heavy atom. The summed E-state index contributed by atoms with van der Waals surface area (Å²) in [4.78, 5) is 12.1. The smallest absolute Gasteiger partial charge is 0.159 e. The molecule has 116 valence electrons. The normalized spacial score (nSPS) is 10.3. The number of nitrogens with two attached hydrogens (primary N) is 1. The maximum atomic E-state index is 13.9. The molecule has 0 saturated carbocycles. The van der Waals surface area contributed by atoms with Gasteiger partial charge in [-0.3, -0.25) is 4.98 Å². The number of anilines is 5. The lowest BCUT2D eigenvalue weighted by Gasteiger charge is -2.13. The van der Waals surface area contributed by atoms with Crippen LogP contribution in [0.25, 0.3) is 0 Å². The molecule has 0 amide bonds. The van der Waals surface area contributed by atoms with Crippen molar-refractivity contribution in [2.45, 2.75) is 0 Å². The number of hydrogen-bond acceptors (Lipinski definition) is 6. The Hall–Kier alpha value is -2.74. The Morgan fingerprint density at radius 1 is 1.00 bits per heavy atom. The standard InChI is InChI=1S/C15H12BrFN6/c16-9-1-2-12(11(17)7-9)23-15-13(18)14(20-8-21-15)22-10-3-5-19-6-4-10/h1-8H,18H2,(H2,19,20,21,22,23). The van der Waals surface area contributed by atoms with Gasteiger partial charge in [-0.25, -0.2) is 14.4 Å². The number of nitrogens with zero attached hydrogens (tertiary/aromatic N) is 3. The van der Waals surface area contributed by atoms with Crippen molar-refractivity contribution >= 4 is 44.6 Å². The molecule has 8 heteroatoms. The third-order valence-electron chi connectivity index (χ3n) is 3.01. The molecule has 0 aliphatic rings. The fourth-order valence-electron chi connectivity index (χ4n) is 1.89. The van der Waals surface area contributed by atoms with E-state index in [0.29, 0.717) is 16.1 Å². The zero-order chi connectivity index (χ0) is 16.2. The second kappa shape index (κ2) is 6.57. The lowest BCUT2D eigenvalue weighted by molar-refractivity contribution is 0.631. The van der Waals surface area contributed by atoms with Crippen molar-refractivity contribution in [3.63, 3.8) is 0 Å². The molecule has 0 aliphatic heterocycles. The number of pyridine rings is 1. The number of hydrogen-bond donors (Lipinski definition) is 3. The first kappa shape index (κ1) is 15.2. The summed E-state index contributed by atoms with van der Waals surface area (Å²) in [5.41, 5.74) is 7.40. The lowest BCUT2D eigenvalue weighted by atomic mass is 10.3. The highest BCUT2D eigenvalue weighted by atomic mass is 79.9. The number of nitrogens with one attached hydrogen (secondary N) is 2. The Balaban J connectivity index is 1.87. The largest absolute Gasteiger partial charge is 0.393 e. The predicted molar refractivity (Wildman–Crippen MR) is 91.3 cm³/mol. The van der Waals surface area contributed by atoms with Crippen molar-refractivity contribution in [3.8, 4) is 0 Å². The SMILES string of the molecule is Nc1c(Nc2ccncc2)ncnc1Nc1ccc(Br)cc1F. The molecule has 3 aromatic rings.